The fourth-order valence-corrected chi connectivity index (χ4v) is 6.51. The molecule has 5 rings (SSSR count). The maximum absolute atomic E-state index is 14.1. The van der Waals surface area contributed by atoms with Crippen LogP contribution in [0.2, 0.25) is 0 Å². The van der Waals surface area contributed by atoms with Crippen LogP contribution in [0.25, 0.3) is 15.9 Å². The zero-order chi connectivity index (χ0) is 24.5. The van der Waals surface area contributed by atoms with E-state index in [9.17, 15) is 14.0 Å². The summed E-state index contributed by atoms with van der Waals surface area (Å²) < 4.78 is 25.9. The number of fused-ring (bicyclic) bond motifs is 3. The fourth-order valence-electron chi connectivity index (χ4n) is 4.30. The van der Waals surface area contributed by atoms with Gasteiger partial charge in [0.05, 0.1) is 31.0 Å². The van der Waals surface area contributed by atoms with Crippen molar-refractivity contribution < 1.29 is 18.7 Å². The number of ether oxygens (including phenoxy) is 2. The number of halogens is 1. The minimum Gasteiger partial charge on any atom is -0.497 e. The molecule has 1 aliphatic rings. The van der Waals surface area contributed by atoms with Gasteiger partial charge >= 0.3 is 0 Å². The Hall–Kier alpha value is -3.17. The highest BCUT2D eigenvalue weighted by atomic mass is 32.2. The van der Waals surface area contributed by atoms with Gasteiger partial charge in [0, 0.05) is 10.4 Å². The Morgan fingerprint density at radius 1 is 1.11 bits per heavy atom. The summed E-state index contributed by atoms with van der Waals surface area (Å²) in [4.78, 5) is 33.4. The fraction of sp³-hybridized carbons (Fsp3) is 0.269. The predicted octanol–water partition coefficient (Wildman–Crippen LogP) is 5.46. The van der Waals surface area contributed by atoms with Gasteiger partial charge < -0.3 is 9.47 Å². The highest BCUT2D eigenvalue weighted by molar-refractivity contribution is 7.99. The highest BCUT2D eigenvalue weighted by Crippen LogP contribution is 2.35. The molecule has 2 aromatic heterocycles. The number of nitrogens with zero attached hydrogens (tertiary/aromatic N) is 2. The second-order valence-electron chi connectivity index (χ2n) is 8.19. The molecule has 0 radical (unpaired) electrons. The summed E-state index contributed by atoms with van der Waals surface area (Å²) in [5.74, 6) is -0.101. The lowest BCUT2D eigenvalue weighted by molar-refractivity contribution is 0.102. The van der Waals surface area contributed by atoms with Crippen LogP contribution in [0.15, 0.2) is 52.4 Å². The van der Waals surface area contributed by atoms with Gasteiger partial charge in [-0.05, 0) is 73.7 Å². The lowest BCUT2D eigenvalue weighted by Gasteiger charge is -2.14. The molecule has 35 heavy (non-hydrogen) atoms. The number of thioether (sulfide) groups is 1. The number of Topliss-reactive ketones (excluding diaryl/α,β-unsaturated/α-hetero) is 1. The second-order valence-corrected chi connectivity index (χ2v) is 10.2. The third-order valence-electron chi connectivity index (χ3n) is 6.09. The maximum Gasteiger partial charge on any atom is 0.267 e. The van der Waals surface area contributed by atoms with Gasteiger partial charge in [-0.25, -0.2) is 9.37 Å². The minimum absolute atomic E-state index is 0.00492. The van der Waals surface area contributed by atoms with Crippen LogP contribution in [0.1, 0.15) is 33.6 Å². The Morgan fingerprint density at radius 3 is 2.60 bits per heavy atom. The topological polar surface area (TPSA) is 70.4 Å². The van der Waals surface area contributed by atoms with Crippen molar-refractivity contribution >= 4 is 39.1 Å². The number of rotatable bonds is 7. The number of hydrogen-bond donors (Lipinski definition) is 0. The number of methoxy groups -OCH3 is 2. The number of thiophene rings is 1. The van der Waals surface area contributed by atoms with Crippen LogP contribution in [-0.4, -0.2) is 35.3 Å². The molecule has 0 saturated carbocycles. The van der Waals surface area contributed by atoms with E-state index in [2.05, 4.69) is 0 Å². The van der Waals surface area contributed by atoms with Crippen molar-refractivity contribution in [2.45, 2.75) is 30.8 Å². The normalized spacial score (nSPS) is 13.0. The van der Waals surface area contributed by atoms with Gasteiger partial charge in [-0.3, -0.25) is 14.2 Å². The van der Waals surface area contributed by atoms with Crippen molar-refractivity contribution in [2.75, 3.05) is 20.0 Å². The molecule has 0 unspecified atom stereocenters. The molecule has 0 atom stereocenters. The highest BCUT2D eigenvalue weighted by Gasteiger charge is 2.23. The molecular formula is C26H23FN2O4S2. The Balaban J connectivity index is 1.56. The van der Waals surface area contributed by atoms with Crippen molar-refractivity contribution in [1.29, 1.82) is 0 Å². The first-order valence-electron chi connectivity index (χ1n) is 11.2. The van der Waals surface area contributed by atoms with Crippen LogP contribution in [0.5, 0.6) is 11.5 Å². The van der Waals surface area contributed by atoms with E-state index in [1.54, 1.807) is 47.3 Å². The molecule has 2 heterocycles. The number of ketones is 1. The summed E-state index contributed by atoms with van der Waals surface area (Å²) in [6.07, 6.45) is 4.01. The van der Waals surface area contributed by atoms with Crippen LogP contribution >= 0.6 is 23.1 Å². The van der Waals surface area contributed by atoms with Crippen molar-refractivity contribution in [2.24, 2.45) is 0 Å². The molecule has 0 spiro atoms. The van der Waals surface area contributed by atoms with Gasteiger partial charge in [0.2, 0.25) is 0 Å². The molecule has 0 fully saturated rings. The largest absolute Gasteiger partial charge is 0.497 e. The van der Waals surface area contributed by atoms with Crippen molar-refractivity contribution in [3.8, 4) is 17.2 Å². The third-order valence-corrected chi connectivity index (χ3v) is 8.22. The van der Waals surface area contributed by atoms with Crippen LogP contribution in [0.3, 0.4) is 0 Å². The van der Waals surface area contributed by atoms with Crippen LogP contribution < -0.4 is 15.0 Å². The third kappa shape index (κ3) is 4.46. The first-order chi connectivity index (χ1) is 17.0. The maximum atomic E-state index is 14.1. The Bertz CT molecular complexity index is 1480. The van der Waals surface area contributed by atoms with Crippen LogP contribution in [-0.2, 0) is 12.8 Å². The monoisotopic (exact) mass is 510 g/mol. The second kappa shape index (κ2) is 9.83. The van der Waals surface area contributed by atoms with Gasteiger partial charge in [0.15, 0.2) is 22.5 Å². The Kier molecular flexibility index (Phi) is 6.62. The van der Waals surface area contributed by atoms with Crippen LogP contribution in [0, 0.1) is 5.82 Å². The molecule has 1 aliphatic carbocycles. The van der Waals surface area contributed by atoms with Gasteiger partial charge in [-0.2, -0.15) is 0 Å². The van der Waals surface area contributed by atoms with Gasteiger partial charge in [-0.1, -0.05) is 11.8 Å². The molecule has 0 saturated heterocycles. The molecule has 0 aliphatic heterocycles. The number of benzene rings is 2. The number of carbonyl (C=O) groups excluding carboxylic acids is 1. The van der Waals surface area contributed by atoms with E-state index in [1.165, 1.54) is 41.9 Å². The van der Waals surface area contributed by atoms with E-state index < -0.39 is 5.82 Å². The minimum atomic E-state index is -0.595. The van der Waals surface area contributed by atoms with E-state index >= 15 is 0 Å². The van der Waals surface area contributed by atoms with Gasteiger partial charge in [-0.15, -0.1) is 11.3 Å². The van der Waals surface area contributed by atoms with E-state index in [0.717, 1.165) is 31.2 Å². The summed E-state index contributed by atoms with van der Waals surface area (Å²) in [6.45, 7) is 0. The SMILES string of the molecule is COc1ccc(-n2c(SCC(=O)c3ccc(OC)c(F)c3)nc3sc4c(c3c2=O)CCCC4)cc1. The number of hydrogen-bond acceptors (Lipinski definition) is 7. The lowest BCUT2D eigenvalue weighted by atomic mass is 9.97. The quantitative estimate of drug-likeness (QED) is 0.187. The first kappa shape index (κ1) is 23.6. The van der Waals surface area contributed by atoms with E-state index in [0.29, 0.717) is 26.8 Å². The average Bonchev–Trinajstić information content (AvgIpc) is 3.26. The van der Waals surface area contributed by atoms with Gasteiger partial charge in [0.25, 0.3) is 5.56 Å². The predicted molar refractivity (Wildman–Crippen MR) is 136 cm³/mol. The summed E-state index contributed by atoms with van der Waals surface area (Å²) in [5.41, 5.74) is 1.86. The van der Waals surface area contributed by atoms with E-state index in [-0.39, 0.29) is 28.4 Å². The molecule has 9 heteroatoms. The van der Waals surface area contributed by atoms with Crippen LogP contribution in [0.4, 0.5) is 4.39 Å². The standard InChI is InChI=1S/C26H23FN2O4S2/c1-32-17-10-8-16(9-11-17)29-25(31)23-18-5-3-4-6-22(18)35-24(23)28-26(29)34-14-20(30)15-7-12-21(33-2)19(27)13-15/h7-13H,3-6,14H2,1-2H3. The first-order valence-corrected chi connectivity index (χ1v) is 13.0. The Labute approximate surface area is 209 Å². The summed E-state index contributed by atoms with van der Waals surface area (Å²) >= 11 is 2.74. The molecule has 6 nitrogen and oxygen atoms in total. The smallest absolute Gasteiger partial charge is 0.267 e. The summed E-state index contributed by atoms with van der Waals surface area (Å²) in [6, 6.07) is 11.3. The molecule has 0 amide bonds. The molecule has 2 aromatic carbocycles. The number of aryl methyl sites for hydroxylation is 2. The van der Waals surface area contributed by atoms with Gasteiger partial charge in [0.1, 0.15) is 10.6 Å². The Morgan fingerprint density at radius 2 is 1.89 bits per heavy atom. The number of carbonyl (C=O) groups is 1. The van der Waals surface area contributed by atoms with Crippen molar-refractivity contribution in [3.63, 3.8) is 0 Å². The molecule has 4 aromatic rings. The van der Waals surface area contributed by atoms with Crippen molar-refractivity contribution in [3.05, 3.63) is 74.6 Å². The molecule has 0 N–H and O–H groups in total. The zero-order valence-corrected chi connectivity index (χ0v) is 20.9. The lowest BCUT2D eigenvalue weighted by Crippen LogP contribution is -2.22. The van der Waals surface area contributed by atoms with Crippen molar-refractivity contribution in [1.82, 2.24) is 9.55 Å². The molecule has 0 bridgehead atoms. The number of aromatic nitrogens is 2. The molecular weight excluding hydrogens is 487 g/mol. The molecule has 180 valence electrons. The average molecular weight is 511 g/mol. The summed E-state index contributed by atoms with van der Waals surface area (Å²) in [5, 5.41) is 1.10. The van der Waals surface area contributed by atoms with E-state index in [1.807, 2.05) is 0 Å². The zero-order valence-electron chi connectivity index (χ0n) is 19.3. The summed E-state index contributed by atoms with van der Waals surface area (Å²) in [7, 11) is 2.96. The van der Waals surface area contributed by atoms with E-state index in [4.69, 9.17) is 14.5 Å².